The van der Waals surface area contributed by atoms with Gasteiger partial charge in [-0.15, -0.1) is 0 Å². The van der Waals surface area contributed by atoms with Crippen LogP contribution in [0.4, 0.5) is 5.69 Å². The summed E-state index contributed by atoms with van der Waals surface area (Å²) < 4.78 is 4.73. The lowest BCUT2D eigenvalue weighted by molar-refractivity contribution is -0.385. The van der Waals surface area contributed by atoms with Crippen molar-refractivity contribution in [2.45, 2.75) is 40.2 Å². The van der Waals surface area contributed by atoms with Gasteiger partial charge in [0.15, 0.2) is 0 Å². The summed E-state index contributed by atoms with van der Waals surface area (Å²) in [5.74, 6) is -2.00. The molecule has 0 aliphatic carbocycles. The smallest absolute Gasteiger partial charge is 0.353 e. The van der Waals surface area contributed by atoms with Gasteiger partial charge in [0, 0.05) is 17.7 Å². The van der Waals surface area contributed by atoms with Gasteiger partial charge >= 0.3 is 11.9 Å². The second kappa shape index (κ2) is 7.35. The number of esters is 2. The number of nitrogens with two attached hydrogens (primary N) is 1. The van der Waals surface area contributed by atoms with Crippen molar-refractivity contribution < 1.29 is 19.2 Å². The predicted molar refractivity (Wildman–Crippen MR) is 89.3 cm³/mol. The second-order valence-electron chi connectivity index (χ2n) is 6.45. The Kier molecular flexibility index (Phi) is 5.98. The Balaban J connectivity index is 3.13. The molecule has 0 aliphatic rings. The molecular weight excluding hydrogens is 312 g/mol. The van der Waals surface area contributed by atoms with E-state index in [9.17, 15) is 19.7 Å². The minimum atomic E-state index is -1.09. The van der Waals surface area contributed by atoms with Crippen LogP contribution in [-0.4, -0.2) is 16.9 Å². The lowest BCUT2D eigenvalue weighted by atomic mass is 9.88. The van der Waals surface area contributed by atoms with Gasteiger partial charge in [-0.05, 0) is 23.5 Å². The lowest BCUT2D eigenvalue weighted by Gasteiger charge is -2.19. The molecule has 0 bridgehead atoms. The van der Waals surface area contributed by atoms with Gasteiger partial charge in [-0.3, -0.25) is 10.1 Å². The van der Waals surface area contributed by atoms with Crippen LogP contribution in [0.25, 0.3) is 0 Å². The Morgan fingerprint density at radius 3 is 2.42 bits per heavy atom. The van der Waals surface area contributed by atoms with Crippen LogP contribution in [0.15, 0.2) is 30.4 Å². The van der Waals surface area contributed by atoms with Crippen LogP contribution in [0.3, 0.4) is 0 Å². The van der Waals surface area contributed by atoms with Crippen LogP contribution in [0, 0.1) is 15.5 Å². The van der Waals surface area contributed by atoms with E-state index in [0.717, 1.165) is 0 Å². The Morgan fingerprint density at radius 1 is 1.38 bits per heavy atom. The zero-order chi connectivity index (χ0) is 18.7. The molecule has 0 aromatic heterocycles. The van der Waals surface area contributed by atoms with Gasteiger partial charge < -0.3 is 10.5 Å². The first-order chi connectivity index (χ1) is 11.0. The molecular formula is C17H22N2O5. The fraction of sp³-hybridized carbons (Fsp3) is 0.412. The van der Waals surface area contributed by atoms with Crippen molar-refractivity contribution in [2.24, 2.45) is 11.1 Å². The largest absolute Gasteiger partial charge is 0.386 e. The van der Waals surface area contributed by atoms with Crippen LogP contribution >= 0.6 is 0 Å². The molecule has 0 heterocycles. The fourth-order valence-electron chi connectivity index (χ4n) is 1.85. The van der Waals surface area contributed by atoms with Gasteiger partial charge in [-0.2, -0.15) is 0 Å². The minimum absolute atomic E-state index is 0.100. The summed E-state index contributed by atoms with van der Waals surface area (Å²) in [4.78, 5) is 34.6. The number of nitro groups is 1. The molecule has 0 radical (unpaired) electrons. The van der Waals surface area contributed by atoms with Crippen LogP contribution in [0.5, 0.6) is 0 Å². The van der Waals surface area contributed by atoms with Gasteiger partial charge in [0.25, 0.3) is 5.69 Å². The molecule has 0 unspecified atom stereocenters. The minimum Gasteiger partial charge on any atom is -0.386 e. The highest BCUT2D eigenvalue weighted by Crippen LogP contribution is 2.27. The highest BCUT2D eigenvalue weighted by atomic mass is 16.6. The third kappa shape index (κ3) is 4.48. The van der Waals surface area contributed by atoms with Crippen molar-refractivity contribution in [3.63, 3.8) is 0 Å². The van der Waals surface area contributed by atoms with Gasteiger partial charge in [-0.25, -0.2) is 9.59 Å². The molecule has 0 fully saturated rings. The maximum absolute atomic E-state index is 12.1. The average molecular weight is 334 g/mol. The molecule has 0 saturated carbocycles. The molecule has 7 nitrogen and oxygen atoms in total. The molecule has 1 rings (SSSR count). The summed E-state index contributed by atoms with van der Waals surface area (Å²) in [6.45, 7) is 10.7. The van der Waals surface area contributed by atoms with E-state index in [2.05, 4.69) is 6.58 Å². The van der Waals surface area contributed by atoms with E-state index in [-0.39, 0.29) is 17.2 Å². The molecule has 0 aliphatic heterocycles. The van der Waals surface area contributed by atoms with Crippen LogP contribution in [-0.2, 0) is 9.53 Å². The Bertz CT molecular complexity index is 689. The van der Waals surface area contributed by atoms with Gasteiger partial charge in [0.2, 0.25) is 0 Å². The normalized spacial score (nSPS) is 12.4. The highest BCUT2D eigenvalue weighted by Gasteiger charge is 2.29. The predicted octanol–water partition coefficient (Wildman–Crippen LogP) is 3.29. The monoisotopic (exact) mass is 334 g/mol. The Hall–Kier alpha value is -2.54. The number of carbonyl (C=O) groups excluding carboxylic acids is 2. The number of carbonyl (C=O) groups is 2. The zero-order valence-corrected chi connectivity index (χ0v) is 14.3. The quantitative estimate of drug-likeness (QED) is 0.291. The van der Waals surface area contributed by atoms with E-state index in [4.69, 9.17) is 10.5 Å². The van der Waals surface area contributed by atoms with Crippen molar-refractivity contribution in [3.8, 4) is 0 Å². The summed E-state index contributed by atoms with van der Waals surface area (Å²) in [5.41, 5.74) is 5.15. The highest BCUT2D eigenvalue weighted by molar-refractivity contribution is 6.04. The molecule has 1 aromatic carbocycles. The molecule has 0 saturated heterocycles. The standard InChI is InChI=1S/C17H22N2O5/c1-6-13(18)11-7-8-12(14(9-11)19(22)23)16(21)24-15(20)10(2)17(3,4)5/h7-9,13H,2,6,18H2,1,3-5H3/t13-/m1/s1. The topological polar surface area (TPSA) is 113 Å². The molecule has 24 heavy (non-hydrogen) atoms. The van der Waals surface area contributed by atoms with E-state index >= 15 is 0 Å². The van der Waals surface area contributed by atoms with Crippen molar-refractivity contribution in [1.29, 1.82) is 0 Å². The molecule has 130 valence electrons. The van der Waals surface area contributed by atoms with Crippen molar-refractivity contribution in [3.05, 3.63) is 51.6 Å². The maximum Gasteiger partial charge on any atom is 0.353 e. The van der Waals surface area contributed by atoms with Gasteiger partial charge in [0.1, 0.15) is 5.56 Å². The molecule has 1 atom stereocenters. The molecule has 0 amide bonds. The lowest BCUT2D eigenvalue weighted by Crippen LogP contribution is -2.22. The van der Waals surface area contributed by atoms with E-state index in [1.54, 1.807) is 20.8 Å². The molecule has 2 N–H and O–H groups in total. The van der Waals surface area contributed by atoms with E-state index in [1.165, 1.54) is 18.2 Å². The number of rotatable bonds is 5. The fourth-order valence-corrected chi connectivity index (χ4v) is 1.85. The third-order valence-electron chi connectivity index (χ3n) is 3.64. The molecule has 0 spiro atoms. The first-order valence-electron chi connectivity index (χ1n) is 7.48. The van der Waals surface area contributed by atoms with Gasteiger partial charge in [0.05, 0.1) is 4.92 Å². The number of nitrogens with zero attached hydrogens (tertiary/aromatic N) is 1. The summed E-state index contributed by atoms with van der Waals surface area (Å²) in [6, 6.07) is 3.61. The van der Waals surface area contributed by atoms with Crippen LogP contribution < -0.4 is 5.73 Å². The maximum atomic E-state index is 12.1. The SMILES string of the molecule is C=C(C(=O)OC(=O)c1ccc([C@H](N)CC)cc1[N+](=O)[O-])C(C)(C)C. The Morgan fingerprint density at radius 2 is 1.96 bits per heavy atom. The van der Waals surface area contributed by atoms with E-state index in [1.807, 2.05) is 6.92 Å². The summed E-state index contributed by atoms with van der Waals surface area (Å²) in [6.07, 6.45) is 0.588. The van der Waals surface area contributed by atoms with Gasteiger partial charge in [-0.1, -0.05) is 40.3 Å². The number of ether oxygens (including phenoxy) is 1. The number of hydrogen-bond donors (Lipinski definition) is 1. The third-order valence-corrected chi connectivity index (χ3v) is 3.64. The number of hydrogen-bond acceptors (Lipinski definition) is 6. The van der Waals surface area contributed by atoms with E-state index in [0.29, 0.717) is 12.0 Å². The number of nitro benzene ring substituents is 1. The first kappa shape index (κ1) is 19.5. The van der Waals surface area contributed by atoms with Crippen molar-refractivity contribution >= 4 is 17.6 Å². The van der Waals surface area contributed by atoms with E-state index < -0.39 is 28.0 Å². The van der Waals surface area contributed by atoms with Crippen molar-refractivity contribution in [2.75, 3.05) is 0 Å². The van der Waals surface area contributed by atoms with Crippen LogP contribution in [0.2, 0.25) is 0 Å². The number of benzene rings is 1. The molecule has 1 aromatic rings. The summed E-state index contributed by atoms with van der Waals surface area (Å²) in [5, 5.41) is 11.2. The summed E-state index contributed by atoms with van der Waals surface area (Å²) >= 11 is 0. The summed E-state index contributed by atoms with van der Waals surface area (Å²) in [7, 11) is 0. The molecule has 7 heteroatoms. The zero-order valence-electron chi connectivity index (χ0n) is 14.3. The Labute approximate surface area is 140 Å². The second-order valence-corrected chi connectivity index (χ2v) is 6.45. The average Bonchev–Trinajstić information content (AvgIpc) is 2.51. The van der Waals surface area contributed by atoms with Crippen LogP contribution in [0.1, 0.15) is 56.1 Å². The van der Waals surface area contributed by atoms with Crippen molar-refractivity contribution in [1.82, 2.24) is 0 Å². The first-order valence-corrected chi connectivity index (χ1v) is 7.48.